The molecular formula is C31H5F6N9. The number of nitriles is 9. The summed E-state index contributed by atoms with van der Waals surface area (Å²) >= 11 is 0. The van der Waals surface area contributed by atoms with Crippen LogP contribution in [0.5, 0.6) is 0 Å². The lowest BCUT2D eigenvalue weighted by Gasteiger charge is -2.13. The van der Waals surface area contributed by atoms with Gasteiger partial charge in [0.2, 0.25) is 0 Å². The summed E-state index contributed by atoms with van der Waals surface area (Å²) in [7, 11) is 0. The quantitative estimate of drug-likeness (QED) is 0.375. The van der Waals surface area contributed by atoms with Gasteiger partial charge in [-0.1, -0.05) is 0 Å². The molecule has 0 saturated carbocycles. The molecule has 3 aromatic rings. The van der Waals surface area contributed by atoms with E-state index in [-0.39, 0.29) is 6.07 Å². The van der Waals surface area contributed by atoms with Crippen molar-refractivity contribution in [1.29, 1.82) is 47.4 Å². The Morgan fingerprint density at radius 1 is 0.435 bits per heavy atom. The molecule has 0 N–H and O–H groups in total. The van der Waals surface area contributed by atoms with Crippen LogP contribution in [0.4, 0.5) is 26.3 Å². The van der Waals surface area contributed by atoms with E-state index in [1.165, 1.54) is 24.3 Å². The van der Waals surface area contributed by atoms with Gasteiger partial charge in [0.05, 0.1) is 91.6 Å². The molecule has 0 aliphatic rings. The van der Waals surface area contributed by atoms with Gasteiger partial charge in [-0.25, -0.2) is 0 Å². The third kappa shape index (κ3) is 5.58. The van der Waals surface area contributed by atoms with Gasteiger partial charge in [-0.15, -0.1) is 0 Å². The second kappa shape index (κ2) is 12.3. The lowest BCUT2D eigenvalue weighted by molar-refractivity contribution is -0.138. The predicted molar refractivity (Wildman–Crippen MR) is 138 cm³/mol. The van der Waals surface area contributed by atoms with Crippen molar-refractivity contribution in [3.05, 3.63) is 102 Å². The third-order valence-electron chi connectivity index (χ3n) is 6.36. The second-order valence-corrected chi connectivity index (χ2v) is 8.74. The summed E-state index contributed by atoms with van der Waals surface area (Å²) in [6.07, 6.45) is -10.2. The van der Waals surface area contributed by atoms with Gasteiger partial charge in [-0.2, -0.15) is 73.7 Å². The molecule has 0 amide bonds. The maximum absolute atomic E-state index is 13.5. The zero-order chi connectivity index (χ0) is 34.6. The van der Waals surface area contributed by atoms with Crippen LogP contribution in [0.15, 0.2) is 30.3 Å². The number of alkyl halides is 6. The topological polar surface area (TPSA) is 214 Å². The summed E-state index contributed by atoms with van der Waals surface area (Å²) in [6.45, 7) is 0. The average molecular weight is 617 g/mol. The van der Waals surface area contributed by atoms with E-state index in [2.05, 4.69) is 0 Å². The van der Waals surface area contributed by atoms with Crippen LogP contribution in [0, 0.1) is 102 Å². The maximum Gasteiger partial charge on any atom is 0.417 e. The molecule has 0 heterocycles. The molecule has 0 aliphatic heterocycles. The molecule has 46 heavy (non-hydrogen) atoms. The van der Waals surface area contributed by atoms with Crippen LogP contribution in [0.1, 0.15) is 61.2 Å². The number of hydrogen-bond acceptors (Lipinski definition) is 9. The van der Waals surface area contributed by atoms with Gasteiger partial charge < -0.3 is 0 Å². The molecule has 0 spiro atoms. The molecule has 3 aromatic carbocycles. The summed E-state index contributed by atoms with van der Waals surface area (Å²) in [4.78, 5) is 0. The SMILES string of the molecule is N#C/C(c1cc(C#N)c(C(F)(F)F)cc1C#N)=c1\cc(C#N)/c(=C(\C#N)c2cc(C#N)c(C(F)(F)F)cc2C#N)c(C#N)c1C#N. The van der Waals surface area contributed by atoms with Crippen LogP contribution in [-0.4, -0.2) is 0 Å². The van der Waals surface area contributed by atoms with Crippen molar-refractivity contribution < 1.29 is 26.3 Å². The van der Waals surface area contributed by atoms with Gasteiger partial charge in [0.1, 0.15) is 24.3 Å². The monoisotopic (exact) mass is 617 g/mol. The number of hydrogen-bond donors (Lipinski definition) is 0. The van der Waals surface area contributed by atoms with Crippen LogP contribution < -0.4 is 10.4 Å². The smallest absolute Gasteiger partial charge is 0.192 e. The first-order valence-corrected chi connectivity index (χ1v) is 11.8. The number of halogens is 6. The largest absolute Gasteiger partial charge is 0.417 e. The summed E-state index contributed by atoms with van der Waals surface area (Å²) < 4.78 is 81.1. The highest BCUT2D eigenvalue weighted by Gasteiger charge is 2.36. The third-order valence-corrected chi connectivity index (χ3v) is 6.36. The van der Waals surface area contributed by atoms with Gasteiger partial charge in [-0.3, -0.25) is 0 Å². The molecule has 9 nitrogen and oxygen atoms in total. The van der Waals surface area contributed by atoms with Gasteiger partial charge in [0.25, 0.3) is 0 Å². The Morgan fingerprint density at radius 3 is 1.15 bits per heavy atom. The van der Waals surface area contributed by atoms with Crippen LogP contribution in [0.3, 0.4) is 0 Å². The normalized spacial score (nSPS) is 11.8. The Labute approximate surface area is 253 Å². The zero-order valence-electron chi connectivity index (χ0n) is 22.2. The lowest BCUT2D eigenvalue weighted by Crippen LogP contribution is -2.27. The molecular weight excluding hydrogens is 612 g/mol. The molecule has 0 aliphatic carbocycles. The summed E-state index contributed by atoms with van der Waals surface area (Å²) in [5, 5.41) is 86.7. The van der Waals surface area contributed by atoms with Crippen molar-refractivity contribution in [3.8, 4) is 54.6 Å². The van der Waals surface area contributed by atoms with Crippen LogP contribution in [0.25, 0.3) is 11.1 Å². The minimum atomic E-state index is -5.09. The molecule has 0 fully saturated rings. The van der Waals surface area contributed by atoms with E-state index >= 15 is 0 Å². The molecule has 0 radical (unpaired) electrons. The van der Waals surface area contributed by atoms with Crippen LogP contribution in [-0.2, 0) is 12.4 Å². The molecule has 216 valence electrons. The van der Waals surface area contributed by atoms with E-state index in [1.54, 1.807) is 30.3 Å². The van der Waals surface area contributed by atoms with E-state index in [9.17, 15) is 73.7 Å². The molecule has 0 saturated heterocycles. The molecule has 15 heteroatoms. The first kappa shape index (κ1) is 32.9. The predicted octanol–water partition coefficient (Wildman–Crippen LogP) is 4.27. The highest BCUT2D eigenvalue weighted by atomic mass is 19.4. The number of nitrogens with zero attached hydrogens (tertiary/aromatic N) is 9. The highest BCUT2D eigenvalue weighted by Crippen LogP contribution is 2.36. The van der Waals surface area contributed by atoms with Crippen LogP contribution >= 0.6 is 0 Å². The van der Waals surface area contributed by atoms with E-state index in [1.807, 2.05) is 0 Å². The van der Waals surface area contributed by atoms with Crippen molar-refractivity contribution in [3.63, 3.8) is 0 Å². The Balaban J connectivity index is 2.73. The fourth-order valence-corrected chi connectivity index (χ4v) is 4.42. The van der Waals surface area contributed by atoms with Crippen LogP contribution in [0.2, 0.25) is 0 Å². The van der Waals surface area contributed by atoms with E-state index < -0.39 is 95.1 Å². The van der Waals surface area contributed by atoms with Gasteiger partial charge >= 0.3 is 12.4 Å². The standard InChI is InChI=1S/C31H5F6N9/c32-30(33,34)27-4-15(6-38)20(1-17(27)8-40)23(11-43)22-3-19(10-42)29(26(14-46)24(22)12-44)25(13-45)21-2-18(9-41)28(31(35,36)37)5-16(21)7-39/h1-5H/b23-22-,29-25-. The van der Waals surface area contributed by atoms with Crippen molar-refractivity contribution in [2.24, 2.45) is 0 Å². The van der Waals surface area contributed by atoms with E-state index in [4.69, 9.17) is 0 Å². The Kier molecular flexibility index (Phi) is 8.81. The average Bonchev–Trinajstić information content (AvgIpc) is 3.03. The molecule has 0 bridgehead atoms. The minimum absolute atomic E-state index is 0.283. The minimum Gasteiger partial charge on any atom is -0.192 e. The van der Waals surface area contributed by atoms with Gasteiger partial charge in [0.15, 0.2) is 0 Å². The highest BCUT2D eigenvalue weighted by molar-refractivity contribution is 5.86. The van der Waals surface area contributed by atoms with Gasteiger partial charge in [0, 0.05) is 21.6 Å². The Hall–Kier alpha value is -7.61. The molecule has 0 atom stereocenters. The second-order valence-electron chi connectivity index (χ2n) is 8.74. The Morgan fingerprint density at radius 2 is 0.826 bits per heavy atom. The number of benzene rings is 3. The fraction of sp³-hybridized carbons (Fsp3) is 0.0645. The van der Waals surface area contributed by atoms with Crippen molar-refractivity contribution in [2.45, 2.75) is 12.4 Å². The van der Waals surface area contributed by atoms with Crippen molar-refractivity contribution >= 4 is 11.1 Å². The molecule has 0 unspecified atom stereocenters. The zero-order valence-corrected chi connectivity index (χ0v) is 22.2. The summed E-state index contributed by atoms with van der Waals surface area (Å²) in [6, 6.07) is 15.9. The van der Waals surface area contributed by atoms with Crippen molar-refractivity contribution in [1.82, 2.24) is 0 Å². The fourth-order valence-electron chi connectivity index (χ4n) is 4.42. The van der Waals surface area contributed by atoms with Gasteiger partial charge in [-0.05, 0) is 30.3 Å². The van der Waals surface area contributed by atoms with E-state index in [0.717, 1.165) is 6.07 Å². The maximum atomic E-state index is 13.5. The first-order valence-electron chi connectivity index (χ1n) is 11.8. The lowest BCUT2D eigenvalue weighted by atomic mass is 9.87. The van der Waals surface area contributed by atoms with Crippen molar-refractivity contribution in [2.75, 3.05) is 0 Å². The Bertz CT molecular complexity index is 2390. The summed E-state index contributed by atoms with van der Waals surface area (Å²) in [5.41, 5.74) is -11.6. The molecule has 3 rings (SSSR count). The first-order chi connectivity index (χ1) is 21.7. The number of rotatable bonds is 2. The van der Waals surface area contributed by atoms with E-state index in [0.29, 0.717) is 18.2 Å². The molecule has 0 aromatic heterocycles. The summed E-state index contributed by atoms with van der Waals surface area (Å²) in [5.74, 6) is 0.